The number of epoxide rings is 1. The van der Waals surface area contributed by atoms with Crippen molar-refractivity contribution in [1.82, 2.24) is 0 Å². The molecule has 1 N–H and O–H groups in total. The molecular formula is C31H44O10. The van der Waals surface area contributed by atoms with Crippen LogP contribution in [-0.2, 0) is 42.9 Å². The minimum Gasteiger partial charge on any atom is -0.469 e. The van der Waals surface area contributed by atoms with Crippen molar-refractivity contribution in [2.75, 3.05) is 7.11 Å². The number of hydrogen-bond donors (Lipinski definition) is 1. The summed E-state index contributed by atoms with van der Waals surface area (Å²) in [7, 11) is 1.33. The Balaban J connectivity index is 1.72. The highest BCUT2D eigenvalue weighted by atomic mass is 16.7. The molecule has 0 amide bonds. The minimum atomic E-state index is -1.67. The lowest BCUT2D eigenvalue weighted by Gasteiger charge is -2.70. The summed E-state index contributed by atoms with van der Waals surface area (Å²) in [4.78, 5) is 52.2. The SMILES string of the molecule is C=C1[C@@H]2CC[C@@]3(O)[C@]4(C)[C@H](OC(=O)[C@@]5(C)O[C@@H]5C)CC[C@@](C)(C(=O)OC)[C@H]4C[C@H](OC(=O)CC)[C@]3(C2)[C@@H]1OC(C)=O. The van der Waals surface area contributed by atoms with E-state index in [-0.39, 0.29) is 31.3 Å². The third-order valence-corrected chi connectivity index (χ3v) is 11.8. The molecule has 0 radical (unpaired) electrons. The van der Waals surface area contributed by atoms with Gasteiger partial charge in [0.2, 0.25) is 0 Å². The van der Waals surface area contributed by atoms with E-state index in [0.717, 1.165) is 0 Å². The molecule has 1 spiro atoms. The highest BCUT2D eigenvalue weighted by molar-refractivity contribution is 5.83. The first-order valence-electron chi connectivity index (χ1n) is 14.8. The molecule has 0 aromatic rings. The third kappa shape index (κ3) is 3.81. The molecule has 5 fully saturated rings. The number of ether oxygens (including phenoxy) is 5. The van der Waals surface area contributed by atoms with Crippen molar-refractivity contribution in [2.45, 2.75) is 122 Å². The van der Waals surface area contributed by atoms with E-state index in [2.05, 4.69) is 6.58 Å². The van der Waals surface area contributed by atoms with E-state index in [4.69, 9.17) is 23.7 Å². The second kappa shape index (κ2) is 9.53. The summed E-state index contributed by atoms with van der Waals surface area (Å²) in [5.74, 6) is -2.61. The summed E-state index contributed by atoms with van der Waals surface area (Å²) in [6, 6.07) is 0. The van der Waals surface area contributed by atoms with Crippen molar-refractivity contribution in [1.29, 1.82) is 0 Å². The van der Waals surface area contributed by atoms with Gasteiger partial charge in [0.1, 0.15) is 18.3 Å². The maximum absolute atomic E-state index is 13.5. The highest BCUT2D eigenvalue weighted by Gasteiger charge is 2.82. The van der Waals surface area contributed by atoms with Gasteiger partial charge in [0.25, 0.3) is 0 Å². The zero-order valence-electron chi connectivity index (χ0n) is 25.2. The second-order valence-corrected chi connectivity index (χ2v) is 13.5. The monoisotopic (exact) mass is 576 g/mol. The molecule has 10 heteroatoms. The van der Waals surface area contributed by atoms with Crippen LogP contribution in [0.3, 0.4) is 0 Å². The molecule has 2 bridgehead atoms. The van der Waals surface area contributed by atoms with Gasteiger partial charge in [-0.2, -0.15) is 0 Å². The molecule has 1 saturated heterocycles. The molecule has 4 aliphatic carbocycles. The topological polar surface area (TPSA) is 138 Å². The van der Waals surface area contributed by atoms with Crippen LogP contribution in [0, 0.1) is 28.1 Å². The van der Waals surface area contributed by atoms with E-state index in [9.17, 15) is 24.3 Å². The van der Waals surface area contributed by atoms with Crippen LogP contribution < -0.4 is 0 Å². The number of carbonyl (C=O) groups excluding carboxylic acids is 4. The Morgan fingerprint density at radius 1 is 1.02 bits per heavy atom. The standard InChI is InChI=1S/C31H44O10/c1-9-23(33)39-22-14-20-27(5,25(34)37-8)12-11-21(40-26(35)29(7)17(3)41-29)28(20,6)31(36)13-10-19-15-30(22,31)24(16(19)2)38-18(4)32/h17,19-22,24,36H,2,9-15H2,1,3-8H3/t17-,19-,20-,21-,22+,24-,27-,28+,29+,30-,31-/m1/s1. The summed E-state index contributed by atoms with van der Waals surface area (Å²) < 4.78 is 29.2. The maximum Gasteiger partial charge on any atom is 0.341 e. The fourth-order valence-corrected chi connectivity index (χ4v) is 9.29. The average molecular weight is 577 g/mol. The molecule has 5 aliphatic rings. The largest absolute Gasteiger partial charge is 0.469 e. The number of hydrogen-bond acceptors (Lipinski definition) is 10. The fraction of sp³-hybridized carbons (Fsp3) is 0.806. The van der Waals surface area contributed by atoms with Crippen molar-refractivity contribution in [3.05, 3.63) is 12.2 Å². The lowest BCUT2D eigenvalue weighted by molar-refractivity contribution is -0.332. The first-order chi connectivity index (χ1) is 19.1. The van der Waals surface area contributed by atoms with E-state index >= 15 is 0 Å². The van der Waals surface area contributed by atoms with Crippen LogP contribution in [0.4, 0.5) is 0 Å². The maximum atomic E-state index is 13.5. The van der Waals surface area contributed by atoms with Gasteiger partial charge in [-0.05, 0) is 76.7 Å². The Hall–Kier alpha value is -2.46. The van der Waals surface area contributed by atoms with Crippen LogP contribution in [0.1, 0.15) is 86.5 Å². The van der Waals surface area contributed by atoms with Gasteiger partial charge in [-0.3, -0.25) is 14.4 Å². The van der Waals surface area contributed by atoms with E-state index in [1.54, 1.807) is 20.8 Å². The van der Waals surface area contributed by atoms with E-state index < -0.39 is 75.6 Å². The Morgan fingerprint density at radius 2 is 1.68 bits per heavy atom. The molecule has 4 saturated carbocycles. The molecular weight excluding hydrogens is 532 g/mol. The van der Waals surface area contributed by atoms with Gasteiger partial charge >= 0.3 is 23.9 Å². The zero-order chi connectivity index (χ0) is 30.3. The highest BCUT2D eigenvalue weighted by Crippen LogP contribution is 2.75. The fourth-order valence-electron chi connectivity index (χ4n) is 9.29. The van der Waals surface area contributed by atoms with Crippen molar-refractivity contribution < 1.29 is 48.0 Å². The summed E-state index contributed by atoms with van der Waals surface area (Å²) in [6.07, 6.45) is -0.757. The van der Waals surface area contributed by atoms with Gasteiger partial charge in [0.15, 0.2) is 5.60 Å². The van der Waals surface area contributed by atoms with Crippen LogP contribution in [0.2, 0.25) is 0 Å². The quantitative estimate of drug-likeness (QED) is 0.217. The normalized spacial score (nSPS) is 47.9. The van der Waals surface area contributed by atoms with Crippen LogP contribution in [0.5, 0.6) is 0 Å². The van der Waals surface area contributed by atoms with Crippen molar-refractivity contribution in [2.24, 2.45) is 28.1 Å². The first kappa shape index (κ1) is 30.0. The lowest BCUT2D eigenvalue weighted by Crippen LogP contribution is -2.78. The molecule has 1 aliphatic heterocycles. The van der Waals surface area contributed by atoms with Crippen LogP contribution in [0.25, 0.3) is 0 Å². The predicted octanol–water partition coefficient (Wildman–Crippen LogP) is 3.42. The van der Waals surface area contributed by atoms with Crippen molar-refractivity contribution in [3.8, 4) is 0 Å². The van der Waals surface area contributed by atoms with Crippen molar-refractivity contribution >= 4 is 23.9 Å². The molecule has 228 valence electrons. The van der Waals surface area contributed by atoms with Crippen LogP contribution >= 0.6 is 0 Å². The van der Waals surface area contributed by atoms with Gasteiger partial charge in [0, 0.05) is 18.8 Å². The van der Waals surface area contributed by atoms with Crippen molar-refractivity contribution in [3.63, 3.8) is 0 Å². The predicted molar refractivity (Wildman–Crippen MR) is 144 cm³/mol. The summed E-state index contributed by atoms with van der Waals surface area (Å²) in [5.41, 5.74) is -5.60. The molecule has 11 atom stereocenters. The number of rotatable bonds is 6. The Labute approximate surface area is 241 Å². The number of methoxy groups -OCH3 is 1. The van der Waals surface area contributed by atoms with Gasteiger partial charge in [-0.1, -0.05) is 20.4 Å². The van der Waals surface area contributed by atoms with E-state index in [1.165, 1.54) is 14.0 Å². The second-order valence-electron chi connectivity index (χ2n) is 13.5. The molecule has 5 rings (SSSR count). The molecule has 0 aromatic carbocycles. The Morgan fingerprint density at radius 3 is 2.24 bits per heavy atom. The molecule has 41 heavy (non-hydrogen) atoms. The van der Waals surface area contributed by atoms with Crippen LogP contribution in [0.15, 0.2) is 12.2 Å². The van der Waals surface area contributed by atoms with Crippen LogP contribution in [-0.4, -0.2) is 71.7 Å². The zero-order valence-corrected chi connectivity index (χ0v) is 25.2. The molecule has 1 heterocycles. The van der Waals surface area contributed by atoms with Gasteiger partial charge < -0.3 is 28.8 Å². The summed E-state index contributed by atoms with van der Waals surface area (Å²) in [5, 5.41) is 13.3. The van der Waals surface area contributed by atoms with Gasteiger partial charge in [-0.25, -0.2) is 4.79 Å². The van der Waals surface area contributed by atoms with Gasteiger partial charge in [0.05, 0.1) is 29.6 Å². The third-order valence-electron chi connectivity index (χ3n) is 11.8. The Kier molecular flexibility index (Phi) is 6.97. The number of fused-ring (bicyclic) bond motifs is 3. The smallest absolute Gasteiger partial charge is 0.341 e. The first-order valence-corrected chi connectivity index (χ1v) is 14.8. The van der Waals surface area contributed by atoms with E-state index in [1.807, 2.05) is 13.8 Å². The van der Waals surface area contributed by atoms with E-state index in [0.29, 0.717) is 31.3 Å². The minimum absolute atomic E-state index is 0.0567. The average Bonchev–Trinajstić information content (AvgIpc) is 3.48. The number of aliphatic hydroxyl groups is 1. The Bertz CT molecular complexity index is 1180. The number of esters is 4. The summed E-state index contributed by atoms with van der Waals surface area (Å²) in [6.45, 7) is 14.5. The molecule has 0 aromatic heterocycles. The summed E-state index contributed by atoms with van der Waals surface area (Å²) >= 11 is 0. The van der Waals surface area contributed by atoms with Gasteiger partial charge in [-0.15, -0.1) is 0 Å². The molecule has 0 unspecified atom stereocenters. The molecule has 10 nitrogen and oxygen atoms in total. The lowest BCUT2D eigenvalue weighted by atomic mass is 9.37. The number of carbonyl (C=O) groups is 4.